The second kappa shape index (κ2) is 10.9. The lowest BCUT2D eigenvalue weighted by Crippen LogP contribution is -2.18. The lowest BCUT2D eigenvalue weighted by atomic mass is 10.2. The number of hydrogen-bond donors (Lipinski definition) is 1. The average Bonchev–Trinajstić information content (AvgIpc) is 2.47. The van der Waals surface area contributed by atoms with Gasteiger partial charge < -0.3 is 19.5 Å². The fourth-order valence-corrected chi connectivity index (χ4v) is 2.38. The van der Waals surface area contributed by atoms with Gasteiger partial charge in [-0.2, -0.15) is 0 Å². The van der Waals surface area contributed by atoms with E-state index in [2.05, 4.69) is 21.2 Å². The van der Waals surface area contributed by atoms with E-state index in [-0.39, 0.29) is 0 Å². The highest BCUT2D eigenvalue weighted by molar-refractivity contribution is 9.10. The summed E-state index contributed by atoms with van der Waals surface area (Å²) in [6.45, 7) is 5.15. The maximum Gasteiger partial charge on any atom is 0.175 e. The van der Waals surface area contributed by atoms with E-state index in [0.717, 1.165) is 28.9 Å². The molecule has 1 aromatic rings. The molecule has 0 saturated carbocycles. The number of rotatable bonds is 10. The van der Waals surface area contributed by atoms with Crippen LogP contribution in [0, 0.1) is 0 Å². The quantitative estimate of drug-likeness (QED) is 0.630. The molecule has 1 N–H and O–H groups in total. The molecule has 0 atom stereocenters. The average molecular weight is 379 g/mol. The van der Waals surface area contributed by atoms with Crippen molar-refractivity contribution >= 4 is 27.5 Å². The van der Waals surface area contributed by atoms with Crippen molar-refractivity contribution in [2.24, 2.45) is 0 Å². The van der Waals surface area contributed by atoms with Crippen molar-refractivity contribution in [3.63, 3.8) is 0 Å². The van der Waals surface area contributed by atoms with E-state index in [1.807, 2.05) is 19.1 Å². The summed E-state index contributed by atoms with van der Waals surface area (Å²) >= 11 is 9.02. The minimum absolute atomic E-state index is 0.396. The number of halogens is 2. The van der Waals surface area contributed by atoms with Crippen LogP contribution in [-0.2, 0) is 11.3 Å². The highest BCUT2D eigenvalue weighted by Gasteiger charge is 2.11. The molecule has 0 amide bonds. The molecule has 1 rings (SSSR count). The molecule has 0 aliphatic carbocycles. The number of methoxy groups -OCH3 is 1. The summed E-state index contributed by atoms with van der Waals surface area (Å²) in [5.41, 5.74) is 2.55. The molecular formula is C15H21BrClNO3. The van der Waals surface area contributed by atoms with Crippen molar-refractivity contribution in [1.82, 2.24) is 5.32 Å². The molecule has 0 bridgehead atoms. The molecule has 0 fully saturated rings. The van der Waals surface area contributed by atoms with Gasteiger partial charge in [0.15, 0.2) is 11.5 Å². The molecule has 0 spiro atoms. The molecule has 4 nitrogen and oxygen atoms in total. The standard InChI is InChI=1S/C15H21BrClNO3/c1-3-20-14-10-12(11-18-6-8-19-2)9-13(16)15(14)21-7-4-5-17/h4-5,9-10,18H,3,6-8,11H2,1-2H3. The van der Waals surface area contributed by atoms with E-state index in [4.69, 9.17) is 25.8 Å². The van der Waals surface area contributed by atoms with E-state index in [0.29, 0.717) is 25.6 Å². The zero-order chi connectivity index (χ0) is 15.5. The van der Waals surface area contributed by atoms with Crippen LogP contribution in [-0.4, -0.2) is 33.5 Å². The topological polar surface area (TPSA) is 39.7 Å². The Kier molecular flexibility index (Phi) is 9.50. The van der Waals surface area contributed by atoms with E-state index in [1.165, 1.54) is 5.54 Å². The Morgan fingerprint density at radius 3 is 2.81 bits per heavy atom. The first-order valence-corrected chi connectivity index (χ1v) is 7.98. The molecule has 0 aromatic heterocycles. The normalized spacial score (nSPS) is 11.0. The summed E-state index contributed by atoms with van der Waals surface area (Å²) in [6.07, 6.45) is 1.73. The Balaban J connectivity index is 2.79. The van der Waals surface area contributed by atoms with E-state index < -0.39 is 0 Å². The second-order valence-electron chi connectivity index (χ2n) is 4.18. The van der Waals surface area contributed by atoms with Gasteiger partial charge in [-0.25, -0.2) is 0 Å². The first kappa shape index (κ1) is 18.3. The number of nitrogens with one attached hydrogen (secondary N) is 1. The van der Waals surface area contributed by atoms with Crippen LogP contribution < -0.4 is 14.8 Å². The van der Waals surface area contributed by atoms with Gasteiger partial charge >= 0.3 is 0 Å². The van der Waals surface area contributed by atoms with Gasteiger partial charge in [-0.05, 0) is 46.6 Å². The first-order valence-electron chi connectivity index (χ1n) is 6.75. The summed E-state index contributed by atoms with van der Waals surface area (Å²) in [7, 11) is 1.69. The summed E-state index contributed by atoms with van der Waals surface area (Å²) in [5, 5.41) is 3.30. The van der Waals surface area contributed by atoms with Crippen LogP contribution in [0.4, 0.5) is 0 Å². The minimum Gasteiger partial charge on any atom is -0.490 e. The Hall–Kier alpha value is -0.750. The molecule has 6 heteroatoms. The number of ether oxygens (including phenoxy) is 3. The molecule has 0 saturated heterocycles. The fraction of sp³-hybridized carbons (Fsp3) is 0.467. The SMILES string of the molecule is CCOc1cc(CNCCOC)cc(Br)c1OCC=CCl. The Labute approximate surface area is 139 Å². The molecule has 0 aliphatic rings. The highest BCUT2D eigenvalue weighted by Crippen LogP contribution is 2.37. The third kappa shape index (κ3) is 6.70. The summed E-state index contributed by atoms with van der Waals surface area (Å²) in [4.78, 5) is 0. The Morgan fingerprint density at radius 1 is 1.33 bits per heavy atom. The van der Waals surface area contributed by atoms with Crippen LogP contribution in [0.5, 0.6) is 11.5 Å². The van der Waals surface area contributed by atoms with Crippen molar-refractivity contribution in [2.75, 3.05) is 33.5 Å². The first-order chi connectivity index (χ1) is 10.2. The predicted molar refractivity (Wildman–Crippen MR) is 89.4 cm³/mol. The zero-order valence-electron chi connectivity index (χ0n) is 12.3. The maximum atomic E-state index is 5.68. The van der Waals surface area contributed by atoms with Crippen molar-refractivity contribution in [1.29, 1.82) is 0 Å². The van der Waals surface area contributed by atoms with Gasteiger partial charge in [0.1, 0.15) is 6.61 Å². The van der Waals surface area contributed by atoms with Gasteiger partial charge in [-0.15, -0.1) is 0 Å². The maximum absolute atomic E-state index is 5.68. The summed E-state index contributed by atoms with van der Waals surface area (Å²) in [5.74, 6) is 1.41. The number of benzene rings is 1. The molecular weight excluding hydrogens is 358 g/mol. The van der Waals surface area contributed by atoms with Crippen molar-refractivity contribution < 1.29 is 14.2 Å². The van der Waals surface area contributed by atoms with Gasteiger partial charge in [-0.3, -0.25) is 0 Å². The lowest BCUT2D eigenvalue weighted by molar-refractivity contribution is 0.199. The monoisotopic (exact) mass is 377 g/mol. The smallest absolute Gasteiger partial charge is 0.175 e. The molecule has 0 aliphatic heterocycles. The van der Waals surface area contributed by atoms with Crippen molar-refractivity contribution in [3.8, 4) is 11.5 Å². The second-order valence-corrected chi connectivity index (χ2v) is 5.29. The van der Waals surface area contributed by atoms with Crippen LogP contribution in [0.15, 0.2) is 28.2 Å². The molecule has 1 aromatic carbocycles. The highest BCUT2D eigenvalue weighted by atomic mass is 79.9. The van der Waals surface area contributed by atoms with Crippen LogP contribution in [0.3, 0.4) is 0 Å². The van der Waals surface area contributed by atoms with Crippen LogP contribution >= 0.6 is 27.5 Å². The fourth-order valence-electron chi connectivity index (χ4n) is 1.70. The predicted octanol–water partition coefficient (Wildman–Crippen LogP) is 3.72. The van der Waals surface area contributed by atoms with Crippen molar-refractivity contribution in [2.45, 2.75) is 13.5 Å². The Bertz CT molecular complexity index is 455. The molecule has 0 heterocycles. The third-order valence-corrected chi connectivity index (χ3v) is 3.36. The molecule has 21 heavy (non-hydrogen) atoms. The Morgan fingerprint density at radius 2 is 2.14 bits per heavy atom. The molecule has 0 radical (unpaired) electrons. The van der Waals surface area contributed by atoms with E-state index in [9.17, 15) is 0 Å². The largest absolute Gasteiger partial charge is 0.490 e. The van der Waals surface area contributed by atoms with Gasteiger partial charge in [-0.1, -0.05) is 11.6 Å². The van der Waals surface area contributed by atoms with E-state index >= 15 is 0 Å². The summed E-state index contributed by atoms with van der Waals surface area (Å²) < 4.78 is 17.2. The van der Waals surface area contributed by atoms with E-state index in [1.54, 1.807) is 13.2 Å². The van der Waals surface area contributed by atoms with Gasteiger partial charge in [0.05, 0.1) is 17.7 Å². The van der Waals surface area contributed by atoms with Gasteiger partial charge in [0.2, 0.25) is 0 Å². The zero-order valence-corrected chi connectivity index (χ0v) is 14.7. The van der Waals surface area contributed by atoms with Gasteiger partial charge in [0, 0.05) is 25.7 Å². The van der Waals surface area contributed by atoms with Crippen LogP contribution in [0.25, 0.3) is 0 Å². The summed E-state index contributed by atoms with van der Waals surface area (Å²) in [6, 6.07) is 4.00. The third-order valence-electron chi connectivity index (χ3n) is 2.59. The molecule has 118 valence electrons. The van der Waals surface area contributed by atoms with Gasteiger partial charge in [0.25, 0.3) is 0 Å². The van der Waals surface area contributed by atoms with Crippen LogP contribution in [0.2, 0.25) is 0 Å². The minimum atomic E-state index is 0.396. The van der Waals surface area contributed by atoms with Crippen LogP contribution in [0.1, 0.15) is 12.5 Å². The molecule has 0 unspecified atom stereocenters. The number of hydrogen-bond acceptors (Lipinski definition) is 4. The van der Waals surface area contributed by atoms with Crippen molar-refractivity contribution in [3.05, 3.63) is 33.8 Å². The lowest BCUT2D eigenvalue weighted by Gasteiger charge is -2.15.